The zero-order valence-corrected chi connectivity index (χ0v) is 10.7. The van der Waals surface area contributed by atoms with Gasteiger partial charge >= 0.3 is 0 Å². The standard InChI is InChI=1S/C15H12FNO3/c1-9-6-10(8-18)2-4-13(9)20-14-5-3-11(15(17)19)7-12(14)16/h2-8H,1H3,(H2,17,19). The Balaban J connectivity index is 2.30. The number of aldehydes is 1. The van der Waals surface area contributed by atoms with Gasteiger partial charge in [-0.3, -0.25) is 9.59 Å². The Morgan fingerprint density at radius 3 is 2.45 bits per heavy atom. The Morgan fingerprint density at radius 1 is 1.20 bits per heavy atom. The average molecular weight is 273 g/mol. The van der Waals surface area contributed by atoms with Gasteiger partial charge in [0.05, 0.1) is 0 Å². The largest absolute Gasteiger partial charge is 0.454 e. The summed E-state index contributed by atoms with van der Waals surface area (Å²) in [5.41, 5.74) is 6.35. The van der Waals surface area contributed by atoms with E-state index in [-0.39, 0.29) is 11.3 Å². The van der Waals surface area contributed by atoms with Crippen molar-refractivity contribution in [3.63, 3.8) is 0 Å². The molecule has 0 aliphatic heterocycles. The van der Waals surface area contributed by atoms with Gasteiger partial charge < -0.3 is 10.5 Å². The molecule has 0 heterocycles. The number of hydrogen-bond acceptors (Lipinski definition) is 3. The maximum Gasteiger partial charge on any atom is 0.248 e. The van der Waals surface area contributed by atoms with Crippen LogP contribution in [0.25, 0.3) is 0 Å². The molecule has 0 bridgehead atoms. The van der Waals surface area contributed by atoms with E-state index in [1.54, 1.807) is 25.1 Å². The first-order chi connectivity index (χ1) is 9.51. The summed E-state index contributed by atoms with van der Waals surface area (Å²) >= 11 is 0. The summed E-state index contributed by atoms with van der Waals surface area (Å²) < 4.78 is 19.2. The van der Waals surface area contributed by atoms with E-state index in [1.807, 2.05) is 0 Å². The van der Waals surface area contributed by atoms with Crippen LogP contribution in [0.4, 0.5) is 4.39 Å². The van der Waals surface area contributed by atoms with Gasteiger partial charge in [0.2, 0.25) is 5.91 Å². The van der Waals surface area contributed by atoms with Crippen LogP contribution in [0, 0.1) is 12.7 Å². The van der Waals surface area contributed by atoms with E-state index >= 15 is 0 Å². The highest BCUT2D eigenvalue weighted by atomic mass is 19.1. The fourth-order valence-electron chi connectivity index (χ4n) is 1.72. The molecule has 20 heavy (non-hydrogen) atoms. The summed E-state index contributed by atoms with van der Waals surface area (Å²) in [5.74, 6) is -0.972. The van der Waals surface area contributed by atoms with Gasteiger partial charge in [0.25, 0.3) is 0 Å². The topological polar surface area (TPSA) is 69.4 Å². The predicted molar refractivity (Wildman–Crippen MR) is 71.6 cm³/mol. The van der Waals surface area contributed by atoms with E-state index in [4.69, 9.17) is 10.5 Å². The molecule has 2 N–H and O–H groups in total. The van der Waals surface area contributed by atoms with Crippen LogP contribution in [0.15, 0.2) is 36.4 Å². The lowest BCUT2D eigenvalue weighted by Crippen LogP contribution is -2.11. The molecule has 2 rings (SSSR count). The number of benzene rings is 2. The molecule has 0 aliphatic carbocycles. The second-order valence-electron chi connectivity index (χ2n) is 4.25. The molecule has 102 valence electrons. The maximum absolute atomic E-state index is 13.8. The highest BCUT2D eigenvalue weighted by Gasteiger charge is 2.10. The summed E-state index contributed by atoms with van der Waals surface area (Å²) in [6, 6.07) is 8.54. The number of aryl methyl sites for hydroxylation is 1. The number of hydrogen-bond donors (Lipinski definition) is 1. The Hall–Kier alpha value is -2.69. The minimum atomic E-state index is -0.707. The molecule has 0 aliphatic rings. The molecule has 2 aromatic carbocycles. The lowest BCUT2D eigenvalue weighted by atomic mass is 10.1. The van der Waals surface area contributed by atoms with Gasteiger partial charge in [-0.15, -0.1) is 0 Å². The van der Waals surface area contributed by atoms with Gasteiger partial charge in [-0.1, -0.05) is 0 Å². The van der Waals surface area contributed by atoms with E-state index in [2.05, 4.69) is 0 Å². The van der Waals surface area contributed by atoms with Crippen molar-refractivity contribution in [2.45, 2.75) is 6.92 Å². The zero-order valence-electron chi connectivity index (χ0n) is 10.7. The number of ether oxygens (including phenoxy) is 1. The molecule has 0 aromatic heterocycles. The predicted octanol–water partition coefficient (Wildman–Crippen LogP) is 2.84. The molecule has 0 unspecified atom stereocenters. The number of carbonyl (C=O) groups is 2. The fraction of sp³-hybridized carbons (Fsp3) is 0.0667. The molecule has 0 fully saturated rings. The van der Waals surface area contributed by atoms with Crippen molar-refractivity contribution in [3.05, 3.63) is 58.9 Å². The third-order valence-electron chi connectivity index (χ3n) is 2.77. The minimum Gasteiger partial charge on any atom is -0.454 e. The van der Waals surface area contributed by atoms with Crippen LogP contribution in [0.5, 0.6) is 11.5 Å². The highest BCUT2D eigenvalue weighted by molar-refractivity contribution is 5.92. The van der Waals surface area contributed by atoms with Crippen molar-refractivity contribution in [2.75, 3.05) is 0 Å². The van der Waals surface area contributed by atoms with Crippen molar-refractivity contribution < 1.29 is 18.7 Å². The third-order valence-corrected chi connectivity index (χ3v) is 2.77. The fourth-order valence-corrected chi connectivity index (χ4v) is 1.72. The van der Waals surface area contributed by atoms with E-state index in [1.165, 1.54) is 12.1 Å². The Kier molecular flexibility index (Phi) is 3.79. The van der Waals surface area contributed by atoms with Crippen molar-refractivity contribution in [1.29, 1.82) is 0 Å². The number of nitrogens with two attached hydrogens (primary N) is 1. The Labute approximate surface area is 115 Å². The van der Waals surface area contributed by atoms with E-state index in [0.29, 0.717) is 16.9 Å². The number of halogens is 1. The molecule has 0 atom stereocenters. The van der Waals surface area contributed by atoms with E-state index in [9.17, 15) is 14.0 Å². The van der Waals surface area contributed by atoms with Crippen molar-refractivity contribution >= 4 is 12.2 Å². The van der Waals surface area contributed by atoms with Gasteiger partial charge in [0, 0.05) is 11.1 Å². The Morgan fingerprint density at radius 2 is 1.90 bits per heavy atom. The highest BCUT2D eigenvalue weighted by Crippen LogP contribution is 2.28. The maximum atomic E-state index is 13.8. The van der Waals surface area contributed by atoms with Gasteiger partial charge in [-0.2, -0.15) is 0 Å². The molecule has 2 aromatic rings. The number of carbonyl (C=O) groups excluding carboxylic acids is 2. The molecule has 0 radical (unpaired) electrons. The van der Waals surface area contributed by atoms with E-state index in [0.717, 1.165) is 12.4 Å². The van der Waals surface area contributed by atoms with E-state index < -0.39 is 11.7 Å². The Bertz CT molecular complexity index is 683. The van der Waals surface area contributed by atoms with Crippen molar-refractivity contribution in [2.24, 2.45) is 5.73 Å². The smallest absolute Gasteiger partial charge is 0.248 e. The first-order valence-electron chi connectivity index (χ1n) is 5.84. The molecule has 5 heteroatoms. The molecule has 0 saturated heterocycles. The van der Waals surface area contributed by atoms with Gasteiger partial charge in [0.15, 0.2) is 11.6 Å². The first-order valence-corrected chi connectivity index (χ1v) is 5.84. The number of amides is 1. The SMILES string of the molecule is Cc1cc(C=O)ccc1Oc1ccc(C(N)=O)cc1F. The van der Waals surface area contributed by atoms with Crippen LogP contribution in [-0.2, 0) is 0 Å². The minimum absolute atomic E-state index is 0.0167. The molecule has 0 saturated carbocycles. The summed E-state index contributed by atoms with van der Waals surface area (Å²) in [6.07, 6.45) is 0.721. The molecule has 0 spiro atoms. The second-order valence-corrected chi connectivity index (χ2v) is 4.25. The zero-order chi connectivity index (χ0) is 14.7. The molecule has 1 amide bonds. The van der Waals surface area contributed by atoms with Crippen LogP contribution in [0.3, 0.4) is 0 Å². The normalized spacial score (nSPS) is 10.1. The summed E-state index contributed by atoms with van der Waals surface area (Å²) in [7, 11) is 0. The summed E-state index contributed by atoms with van der Waals surface area (Å²) in [6.45, 7) is 1.75. The van der Waals surface area contributed by atoms with Gasteiger partial charge in [-0.05, 0) is 48.9 Å². The van der Waals surface area contributed by atoms with Crippen LogP contribution in [0.2, 0.25) is 0 Å². The van der Waals surface area contributed by atoms with Crippen LogP contribution >= 0.6 is 0 Å². The second kappa shape index (κ2) is 5.52. The molecule has 4 nitrogen and oxygen atoms in total. The third kappa shape index (κ3) is 2.83. The lowest BCUT2D eigenvalue weighted by molar-refractivity contribution is 0.0999. The summed E-state index contributed by atoms with van der Waals surface area (Å²) in [5, 5.41) is 0. The van der Waals surface area contributed by atoms with Gasteiger partial charge in [-0.25, -0.2) is 4.39 Å². The van der Waals surface area contributed by atoms with Crippen LogP contribution in [-0.4, -0.2) is 12.2 Å². The number of rotatable bonds is 4. The van der Waals surface area contributed by atoms with Crippen LogP contribution < -0.4 is 10.5 Å². The number of primary amides is 1. The monoisotopic (exact) mass is 273 g/mol. The summed E-state index contributed by atoms with van der Waals surface area (Å²) in [4.78, 5) is 21.6. The average Bonchev–Trinajstić information content (AvgIpc) is 2.42. The molecular formula is C15H12FNO3. The molecular weight excluding hydrogens is 261 g/mol. The van der Waals surface area contributed by atoms with Crippen LogP contribution in [0.1, 0.15) is 26.3 Å². The lowest BCUT2D eigenvalue weighted by Gasteiger charge is -2.10. The first kappa shape index (κ1) is 13.7. The quantitative estimate of drug-likeness (QED) is 0.871. The van der Waals surface area contributed by atoms with Crippen molar-refractivity contribution in [3.8, 4) is 11.5 Å². The van der Waals surface area contributed by atoms with Gasteiger partial charge in [0.1, 0.15) is 12.0 Å². The van der Waals surface area contributed by atoms with Crippen molar-refractivity contribution in [1.82, 2.24) is 0 Å².